The quantitative estimate of drug-likeness (QED) is 0.144. The van der Waals surface area contributed by atoms with Crippen molar-refractivity contribution in [3.63, 3.8) is 0 Å². The zero-order valence-electron chi connectivity index (χ0n) is 28.0. The fraction of sp³-hybridized carbons (Fsp3) is 0.579. The fourth-order valence-electron chi connectivity index (χ4n) is 6.53. The molecule has 2 nitrogen and oxygen atoms in total. The van der Waals surface area contributed by atoms with E-state index in [0.29, 0.717) is 0 Å². The van der Waals surface area contributed by atoms with Crippen LogP contribution in [0.1, 0.15) is 138 Å². The number of hydrogen-bond donors (Lipinski definition) is 0. The van der Waals surface area contributed by atoms with Crippen LogP contribution in [0.4, 0.5) is 0 Å². The SMILES string of the molecule is CCCCC1=C(c2cc(CC)c(CC)c(CC)c2)[N+](=[N-])C(c2cc(CC)c(CC)c(CC)c2)=C1CCCC.[CH3][Pd][CH3]. The molecule has 2 aromatic carbocycles. The third kappa shape index (κ3) is 8.18. The van der Waals surface area contributed by atoms with Gasteiger partial charge in [-0.2, -0.15) is 0 Å². The van der Waals surface area contributed by atoms with Crippen molar-refractivity contribution in [3.8, 4) is 0 Å². The number of rotatable bonds is 14. The van der Waals surface area contributed by atoms with Gasteiger partial charge in [-0.25, -0.2) is 4.70 Å². The van der Waals surface area contributed by atoms with E-state index in [1.54, 1.807) is 4.70 Å². The van der Waals surface area contributed by atoms with Crippen LogP contribution in [0.25, 0.3) is 16.9 Å². The Morgan fingerprint density at radius 1 is 0.537 bits per heavy atom. The normalized spacial score (nSPS) is 13.4. The molecule has 41 heavy (non-hydrogen) atoms. The molecular weight excluding hydrogens is 591 g/mol. The van der Waals surface area contributed by atoms with Crippen LogP contribution in [-0.4, -0.2) is 4.70 Å². The number of allylic oxidation sites excluding steroid dienone is 2. The van der Waals surface area contributed by atoms with Crippen LogP contribution in [0.3, 0.4) is 0 Å². The monoisotopic (exact) mass is 648 g/mol. The molecule has 3 heteroatoms. The maximum atomic E-state index is 12.1. The van der Waals surface area contributed by atoms with Crippen LogP contribution in [-0.2, 0) is 56.5 Å². The van der Waals surface area contributed by atoms with E-state index in [1.165, 1.54) is 55.7 Å². The predicted octanol–water partition coefficient (Wildman–Crippen LogP) is 11.8. The molecular formula is C38H58N2Pd. The second kappa shape index (κ2) is 18.0. The van der Waals surface area contributed by atoms with E-state index in [9.17, 15) is 5.53 Å². The van der Waals surface area contributed by atoms with Crippen molar-refractivity contribution < 1.29 is 22.7 Å². The summed E-state index contributed by atoms with van der Waals surface area (Å²) in [4.78, 5) is 0. The molecule has 0 bridgehead atoms. The molecule has 3 rings (SSSR count). The van der Waals surface area contributed by atoms with Gasteiger partial charge in [0, 0.05) is 22.3 Å². The number of hydrogen-bond acceptors (Lipinski definition) is 0. The van der Waals surface area contributed by atoms with Gasteiger partial charge in [-0.05, 0) is 122 Å². The van der Waals surface area contributed by atoms with E-state index in [4.69, 9.17) is 0 Å². The molecule has 2 aromatic rings. The Kier molecular flexibility index (Phi) is 15.5. The van der Waals surface area contributed by atoms with Crippen molar-refractivity contribution in [2.75, 3.05) is 0 Å². The minimum absolute atomic E-state index is 0.950. The van der Waals surface area contributed by atoms with Gasteiger partial charge in [-0.1, -0.05) is 68.2 Å². The molecule has 0 fully saturated rings. The Hall–Kier alpha value is -1.82. The summed E-state index contributed by atoms with van der Waals surface area (Å²) in [5.41, 5.74) is 28.0. The number of unbranched alkanes of at least 4 members (excludes halogenated alkanes) is 2. The summed E-state index contributed by atoms with van der Waals surface area (Å²) in [6, 6.07) is 9.49. The minimum atomic E-state index is 0.950. The van der Waals surface area contributed by atoms with E-state index >= 15 is 0 Å². The van der Waals surface area contributed by atoms with E-state index in [1.807, 2.05) is 0 Å². The third-order valence-corrected chi connectivity index (χ3v) is 8.57. The Labute approximate surface area is 261 Å². The molecule has 0 saturated heterocycles. The van der Waals surface area contributed by atoms with Gasteiger partial charge in [0.1, 0.15) is 0 Å². The molecule has 0 aliphatic carbocycles. The van der Waals surface area contributed by atoms with Crippen LogP contribution >= 0.6 is 0 Å². The summed E-state index contributed by atoms with van der Waals surface area (Å²) in [6.07, 6.45) is 12.8. The summed E-state index contributed by atoms with van der Waals surface area (Å²) in [5.74, 6) is 0. The molecule has 0 aromatic heterocycles. The maximum absolute atomic E-state index is 12.1. The van der Waals surface area contributed by atoms with Crippen molar-refractivity contribution >= 4 is 11.4 Å². The van der Waals surface area contributed by atoms with Crippen LogP contribution in [0.15, 0.2) is 35.4 Å². The van der Waals surface area contributed by atoms with E-state index in [-0.39, 0.29) is 0 Å². The molecule has 0 unspecified atom stereocenters. The average Bonchev–Trinajstić information content (AvgIpc) is 3.27. The Morgan fingerprint density at radius 2 is 0.829 bits per heavy atom. The van der Waals surface area contributed by atoms with E-state index in [2.05, 4.69) is 90.4 Å². The first-order valence-corrected chi connectivity index (χ1v) is 19.4. The van der Waals surface area contributed by atoms with Gasteiger partial charge in [0.25, 0.3) is 0 Å². The summed E-state index contributed by atoms with van der Waals surface area (Å²) in [6.45, 7) is 18.1. The van der Waals surface area contributed by atoms with Crippen molar-refractivity contribution in [2.45, 2.75) is 143 Å². The zero-order chi connectivity index (χ0) is 30.5. The number of nitrogens with zero attached hydrogens (tertiary/aromatic N) is 2. The Morgan fingerprint density at radius 3 is 1.05 bits per heavy atom. The molecule has 230 valence electrons. The molecule has 0 spiro atoms. The standard InChI is InChI=1S/C36H52N2.2CH3.Pd/c1-9-17-19-33-34(20-18-10-2)36(30-23-27(13-5)32(16-8)28(14-6)24-30)38(37)35(33)29-21-25(11-3)31(15-7)26(12-4)22-29;;;/h21-24H,9-20H2,1-8H3;2*1H3;. The summed E-state index contributed by atoms with van der Waals surface area (Å²) in [7, 11) is 0. The molecule has 1 aliphatic heterocycles. The van der Waals surface area contributed by atoms with Gasteiger partial charge in [0.15, 0.2) is 0 Å². The van der Waals surface area contributed by atoms with Crippen LogP contribution in [0, 0.1) is 0 Å². The molecule has 0 N–H and O–H groups in total. The van der Waals surface area contributed by atoms with Crippen molar-refractivity contribution in [2.24, 2.45) is 0 Å². The van der Waals surface area contributed by atoms with Crippen molar-refractivity contribution in [3.05, 3.63) is 85.5 Å². The molecule has 1 heterocycles. The molecule has 0 saturated carbocycles. The van der Waals surface area contributed by atoms with Gasteiger partial charge < -0.3 is 5.53 Å². The topological polar surface area (TPSA) is 25.3 Å². The van der Waals surface area contributed by atoms with Crippen LogP contribution < -0.4 is 0 Å². The van der Waals surface area contributed by atoms with Gasteiger partial charge in [0.2, 0.25) is 11.4 Å². The summed E-state index contributed by atoms with van der Waals surface area (Å²) in [5, 5.41) is 4.35. The van der Waals surface area contributed by atoms with Gasteiger partial charge in [-0.15, -0.1) is 0 Å². The van der Waals surface area contributed by atoms with Gasteiger partial charge in [-0.3, -0.25) is 0 Å². The Balaban J connectivity index is 0.00000187. The molecule has 0 atom stereocenters. The second-order valence-electron chi connectivity index (χ2n) is 11.2. The average molecular weight is 649 g/mol. The van der Waals surface area contributed by atoms with Gasteiger partial charge in [0.05, 0.1) is 0 Å². The molecule has 1 aliphatic rings. The summed E-state index contributed by atoms with van der Waals surface area (Å²) >= 11 is 0.950. The zero-order valence-corrected chi connectivity index (χ0v) is 29.6. The first-order chi connectivity index (χ1) is 19.8. The van der Waals surface area contributed by atoms with Crippen LogP contribution in [0.5, 0.6) is 0 Å². The number of aryl methyl sites for hydroxylation is 4. The Bertz CT molecular complexity index is 1090. The molecule has 0 radical (unpaired) electrons. The second-order valence-corrected chi connectivity index (χ2v) is 12.7. The van der Waals surface area contributed by atoms with Crippen LogP contribution in [0.2, 0.25) is 10.8 Å². The molecule has 0 amide bonds. The predicted molar refractivity (Wildman–Crippen MR) is 177 cm³/mol. The van der Waals surface area contributed by atoms with Gasteiger partial charge >= 0.3 is 28.8 Å². The first kappa shape index (κ1) is 35.4. The third-order valence-electron chi connectivity index (χ3n) is 8.57. The van der Waals surface area contributed by atoms with Crippen molar-refractivity contribution in [1.82, 2.24) is 0 Å². The van der Waals surface area contributed by atoms with E-state index in [0.717, 1.165) is 106 Å². The van der Waals surface area contributed by atoms with Crippen molar-refractivity contribution in [1.29, 1.82) is 0 Å². The summed E-state index contributed by atoms with van der Waals surface area (Å²) < 4.78 is 1.59. The first-order valence-electron chi connectivity index (χ1n) is 16.3. The fourth-order valence-corrected chi connectivity index (χ4v) is 6.53. The van der Waals surface area contributed by atoms with E-state index < -0.39 is 0 Å². The number of benzene rings is 2.